The Morgan fingerprint density at radius 2 is 1.55 bits per heavy atom. The van der Waals surface area contributed by atoms with Crippen molar-refractivity contribution in [2.75, 3.05) is 4.31 Å². The summed E-state index contributed by atoms with van der Waals surface area (Å²) in [5.41, 5.74) is 2.80. The van der Waals surface area contributed by atoms with E-state index in [0.717, 1.165) is 10.9 Å². The van der Waals surface area contributed by atoms with Crippen LogP contribution in [0.25, 0.3) is 10.8 Å². The highest BCUT2D eigenvalue weighted by atomic mass is 32.2. The van der Waals surface area contributed by atoms with Gasteiger partial charge in [-0.15, -0.1) is 0 Å². The molecule has 1 N–H and O–H groups in total. The van der Waals surface area contributed by atoms with E-state index in [1.165, 1.54) is 9.87 Å². The lowest BCUT2D eigenvalue weighted by molar-refractivity contribution is -0.122. The molecule has 5 nitrogen and oxygen atoms in total. The first-order chi connectivity index (χ1) is 14.5. The zero-order valence-electron chi connectivity index (χ0n) is 18.5. The first-order valence-electron chi connectivity index (χ1n) is 10.5. The third kappa shape index (κ3) is 3.59. The minimum Gasteiger partial charge on any atom is -0.348 e. The second kappa shape index (κ2) is 7.38. The molecule has 1 amide bonds. The van der Waals surface area contributed by atoms with Crippen molar-refractivity contribution in [1.29, 1.82) is 0 Å². The molecule has 0 aromatic heterocycles. The SMILES string of the molecule is C[C@H](C(=O)N[C@H](C)c1ccc(C(C)(C)C)cc1)N1c2cccc3cccc(c23)S1(=O)=O. The van der Waals surface area contributed by atoms with Crippen LogP contribution in [-0.2, 0) is 20.2 Å². The van der Waals surface area contributed by atoms with Crippen molar-refractivity contribution in [1.82, 2.24) is 5.32 Å². The van der Waals surface area contributed by atoms with Gasteiger partial charge in [0.05, 0.1) is 16.6 Å². The normalized spacial score (nSPS) is 16.9. The van der Waals surface area contributed by atoms with E-state index < -0.39 is 16.1 Å². The van der Waals surface area contributed by atoms with Crippen LogP contribution in [0, 0.1) is 0 Å². The van der Waals surface area contributed by atoms with E-state index in [0.29, 0.717) is 11.1 Å². The first kappa shape index (κ1) is 21.4. The lowest BCUT2D eigenvalue weighted by Gasteiger charge is -2.27. The van der Waals surface area contributed by atoms with E-state index in [4.69, 9.17) is 0 Å². The Hall–Kier alpha value is -2.86. The second-order valence-corrected chi connectivity index (χ2v) is 11.0. The number of amides is 1. The molecule has 31 heavy (non-hydrogen) atoms. The van der Waals surface area contributed by atoms with E-state index >= 15 is 0 Å². The van der Waals surface area contributed by atoms with Crippen molar-refractivity contribution in [2.24, 2.45) is 0 Å². The van der Waals surface area contributed by atoms with Gasteiger partial charge >= 0.3 is 0 Å². The van der Waals surface area contributed by atoms with Crippen molar-refractivity contribution in [3.63, 3.8) is 0 Å². The van der Waals surface area contributed by atoms with Crippen molar-refractivity contribution in [2.45, 2.75) is 57.0 Å². The van der Waals surface area contributed by atoms with Crippen LogP contribution in [0.4, 0.5) is 5.69 Å². The fraction of sp³-hybridized carbons (Fsp3) is 0.320. The summed E-state index contributed by atoms with van der Waals surface area (Å²) >= 11 is 0. The molecular formula is C25H28N2O3S. The summed E-state index contributed by atoms with van der Waals surface area (Å²) in [6.07, 6.45) is 0. The number of carbonyl (C=O) groups is 1. The van der Waals surface area contributed by atoms with Gasteiger partial charge in [0.2, 0.25) is 5.91 Å². The molecule has 0 saturated carbocycles. The first-order valence-corrected chi connectivity index (χ1v) is 11.9. The van der Waals surface area contributed by atoms with Crippen molar-refractivity contribution < 1.29 is 13.2 Å². The van der Waals surface area contributed by atoms with E-state index in [1.54, 1.807) is 25.1 Å². The quantitative estimate of drug-likeness (QED) is 0.632. The molecule has 0 aliphatic carbocycles. The van der Waals surface area contributed by atoms with E-state index in [2.05, 4.69) is 38.2 Å². The van der Waals surface area contributed by atoms with Crippen LogP contribution < -0.4 is 9.62 Å². The molecule has 1 aliphatic heterocycles. The Morgan fingerprint density at radius 3 is 2.16 bits per heavy atom. The third-order valence-corrected chi connectivity index (χ3v) is 7.91. The predicted octanol–water partition coefficient (Wildman–Crippen LogP) is 4.91. The molecule has 0 fully saturated rings. The number of sulfonamides is 1. The van der Waals surface area contributed by atoms with Gasteiger partial charge in [-0.25, -0.2) is 8.42 Å². The van der Waals surface area contributed by atoms with Crippen LogP contribution in [0.2, 0.25) is 0 Å². The number of nitrogens with zero attached hydrogens (tertiary/aromatic N) is 1. The zero-order valence-corrected chi connectivity index (χ0v) is 19.3. The highest BCUT2D eigenvalue weighted by Crippen LogP contribution is 2.43. The molecule has 3 aromatic rings. The van der Waals surface area contributed by atoms with Gasteiger partial charge in [-0.3, -0.25) is 9.10 Å². The van der Waals surface area contributed by atoms with Crippen LogP contribution in [0.1, 0.15) is 51.8 Å². The molecule has 1 aliphatic rings. The summed E-state index contributed by atoms with van der Waals surface area (Å²) in [6.45, 7) is 10.0. The van der Waals surface area contributed by atoms with Gasteiger partial charge in [0.15, 0.2) is 0 Å². The molecule has 2 atom stereocenters. The van der Waals surface area contributed by atoms with Crippen molar-refractivity contribution >= 4 is 32.4 Å². The summed E-state index contributed by atoms with van der Waals surface area (Å²) in [6, 6.07) is 17.7. The number of carbonyl (C=O) groups excluding carboxylic acids is 1. The number of rotatable bonds is 4. The van der Waals surface area contributed by atoms with Gasteiger partial charge in [0.25, 0.3) is 10.0 Å². The van der Waals surface area contributed by atoms with Crippen LogP contribution in [-0.4, -0.2) is 20.4 Å². The third-order valence-electron chi connectivity index (χ3n) is 5.99. The average Bonchev–Trinajstić information content (AvgIpc) is 2.95. The highest BCUT2D eigenvalue weighted by Gasteiger charge is 2.41. The molecule has 0 bridgehead atoms. The highest BCUT2D eigenvalue weighted by molar-refractivity contribution is 7.93. The van der Waals surface area contributed by atoms with Gasteiger partial charge < -0.3 is 5.32 Å². The largest absolute Gasteiger partial charge is 0.348 e. The minimum absolute atomic E-state index is 0.0552. The van der Waals surface area contributed by atoms with Crippen LogP contribution in [0.3, 0.4) is 0 Å². The van der Waals surface area contributed by atoms with E-state index in [-0.39, 0.29) is 22.3 Å². The molecule has 6 heteroatoms. The van der Waals surface area contributed by atoms with Crippen LogP contribution in [0.15, 0.2) is 65.6 Å². The summed E-state index contributed by atoms with van der Waals surface area (Å²) < 4.78 is 27.7. The summed E-state index contributed by atoms with van der Waals surface area (Å²) in [5.74, 6) is -0.333. The van der Waals surface area contributed by atoms with Gasteiger partial charge in [-0.2, -0.15) is 0 Å². The van der Waals surface area contributed by atoms with Gasteiger partial charge in [0, 0.05) is 5.39 Å². The minimum atomic E-state index is -3.79. The number of benzene rings is 3. The molecular weight excluding hydrogens is 408 g/mol. The zero-order chi connectivity index (χ0) is 22.6. The molecule has 0 unspecified atom stereocenters. The number of hydrogen-bond donors (Lipinski definition) is 1. The Bertz CT molecular complexity index is 1250. The lowest BCUT2D eigenvalue weighted by Crippen LogP contribution is -2.47. The fourth-order valence-electron chi connectivity index (χ4n) is 4.13. The van der Waals surface area contributed by atoms with Gasteiger partial charge in [-0.05, 0) is 47.9 Å². The molecule has 0 spiro atoms. The standard InChI is InChI=1S/C25H28N2O3S/c1-16(18-12-14-20(15-13-18)25(3,4)5)26-24(28)17(2)27-21-10-6-8-19-9-7-11-22(23(19)21)31(27,29)30/h6-17H,1-5H3,(H,26,28)/t16-,17-/m1/s1. The topological polar surface area (TPSA) is 66.5 Å². The van der Waals surface area contributed by atoms with Crippen molar-refractivity contribution in [3.05, 3.63) is 71.8 Å². The molecule has 162 valence electrons. The second-order valence-electron chi connectivity index (χ2n) is 9.21. The Balaban J connectivity index is 1.58. The monoisotopic (exact) mass is 436 g/mol. The number of anilines is 1. The molecule has 4 rings (SSSR count). The predicted molar refractivity (Wildman–Crippen MR) is 125 cm³/mol. The van der Waals surface area contributed by atoms with Crippen molar-refractivity contribution in [3.8, 4) is 0 Å². The molecule has 3 aromatic carbocycles. The lowest BCUT2D eigenvalue weighted by atomic mass is 9.86. The van der Waals surface area contributed by atoms with Crippen LogP contribution in [0.5, 0.6) is 0 Å². The maximum atomic E-state index is 13.2. The number of hydrogen-bond acceptors (Lipinski definition) is 3. The maximum absolute atomic E-state index is 13.2. The van der Waals surface area contributed by atoms with Crippen LogP contribution >= 0.6 is 0 Å². The fourth-order valence-corrected chi connectivity index (χ4v) is 6.00. The summed E-state index contributed by atoms with van der Waals surface area (Å²) in [4.78, 5) is 13.3. The average molecular weight is 437 g/mol. The van der Waals surface area contributed by atoms with Gasteiger partial charge in [0.1, 0.15) is 6.04 Å². The molecule has 0 saturated heterocycles. The smallest absolute Gasteiger partial charge is 0.265 e. The molecule has 0 radical (unpaired) electrons. The summed E-state index contributed by atoms with van der Waals surface area (Å²) in [5, 5.41) is 4.51. The molecule has 1 heterocycles. The Kier molecular flexibility index (Phi) is 5.09. The van der Waals surface area contributed by atoms with E-state index in [9.17, 15) is 13.2 Å². The summed E-state index contributed by atoms with van der Waals surface area (Å²) in [7, 11) is -3.79. The van der Waals surface area contributed by atoms with E-state index in [1.807, 2.05) is 37.3 Å². The Labute approximate surface area is 184 Å². The number of nitrogens with one attached hydrogen (secondary N) is 1. The maximum Gasteiger partial charge on any atom is 0.265 e. The van der Waals surface area contributed by atoms with Gasteiger partial charge in [-0.1, -0.05) is 69.3 Å². The Morgan fingerprint density at radius 1 is 0.935 bits per heavy atom.